The van der Waals surface area contributed by atoms with E-state index in [1.165, 1.54) is 11.8 Å². The van der Waals surface area contributed by atoms with Gasteiger partial charge in [0.05, 0.1) is 32.6 Å². The Balaban J connectivity index is 1.48. The summed E-state index contributed by atoms with van der Waals surface area (Å²) in [6.07, 6.45) is 5.98. The number of thioether (sulfide) groups is 1. The van der Waals surface area contributed by atoms with E-state index in [4.69, 9.17) is 14.2 Å². The molecule has 1 amide bonds. The van der Waals surface area contributed by atoms with Crippen LogP contribution in [-0.4, -0.2) is 48.1 Å². The summed E-state index contributed by atoms with van der Waals surface area (Å²) in [5.41, 5.74) is 2.51. The van der Waals surface area contributed by atoms with Crippen molar-refractivity contribution < 1.29 is 19.0 Å². The van der Waals surface area contributed by atoms with Gasteiger partial charge >= 0.3 is 5.69 Å². The normalized spacial score (nSPS) is 17.6. The van der Waals surface area contributed by atoms with Gasteiger partial charge < -0.3 is 19.5 Å². The van der Waals surface area contributed by atoms with Crippen LogP contribution < -0.4 is 20.5 Å². The van der Waals surface area contributed by atoms with Crippen molar-refractivity contribution in [2.75, 3.05) is 31.9 Å². The molecule has 32 heavy (non-hydrogen) atoms. The lowest BCUT2D eigenvalue weighted by molar-refractivity contribution is -0.113. The number of nitrogens with zero attached hydrogens (tertiary/aromatic N) is 2. The summed E-state index contributed by atoms with van der Waals surface area (Å²) in [5, 5.41) is 3.54. The van der Waals surface area contributed by atoms with Gasteiger partial charge in [-0.25, -0.2) is 4.79 Å². The monoisotopic (exact) mass is 459 g/mol. The Kier molecular flexibility index (Phi) is 7.36. The first-order valence-electron chi connectivity index (χ1n) is 11.0. The number of benzene rings is 1. The van der Waals surface area contributed by atoms with Crippen LogP contribution in [0.5, 0.6) is 11.5 Å². The summed E-state index contributed by atoms with van der Waals surface area (Å²) < 4.78 is 18.0. The van der Waals surface area contributed by atoms with Crippen molar-refractivity contribution in [1.29, 1.82) is 0 Å². The largest absolute Gasteiger partial charge is 0.497 e. The van der Waals surface area contributed by atoms with Gasteiger partial charge in [0.15, 0.2) is 0 Å². The number of hydrogen-bond donors (Lipinski definition) is 1. The third kappa shape index (κ3) is 5.27. The number of hydrogen-bond acceptors (Lipinski definition) is 7. The van der Waals surface area contributed by atoms with Crippen LogP contribution in [-0.2, 0) is 28.9 Å². The molecule has 1 N–H and O–H groups in total. The number of ether oxygens (including phenoxy) is 3. The number of rotatable bonds is 8. The highest BCUT2D eigenvalue weighted by atomic mass is 32.2. The van der Waals surface area contributed by atoms with Crippen LogP contribution in [0.3, 0.4) is 0 Å². The fraction of sp³-hybridized carbons (Fsp3) is 0.522. The SMILES string of the molecule is COc1cc(NC(=O)CSc2nc(=O)n(CC3CCCO3)c3c2CCCC3)cc(OC)c1. The molecule has 4 rings (SSSR count). The Hall–Kier alpha value is -2.52. The fourth-order valence-corrected chi connectivity index (χ4v) is 5.13. The van der Waals surface area contributed by atoms with E-state index < -0.39 is 0 Å². The second kappa shape index (κ2) is 10.4. The zero-order chi connectivity index (χ0) is 22.5. The quantitative estimate of drug-likeness (QED) is 0.479. The number of amides is 1. The molecule has 2 aliphatic rings. The molecule has 9 heteroatoms. The predicted molar refractivity (Wildman–Crippen MR) is 123 cm³/mol. The Bertz CT molecular complexity index is 1010. The van der Waals surface area contributed by atoms with Crippen molar-refractivity contribution in [1.82, 2.24) is 9.55 Å². The predicted octanol–water partition coefficient (Wildman–Crippen LogP) is 3.05. The summed E-state index contributed by atoms with van der Waals surface area (Å²) in [5.74, 6) is 1.17. The van der Waals surface area contributed by atoms with Crippen LogP contribution in [0.4, 0.5) is 5.69 Å². The van der Waals surface area contributed by atoms with Crippen LogP contribution in [0.1, 0.15) is 36.9 Å². The van der Waals surface area contributed by atoms with Gasteiger partial charge in [0.25, 0.3) is 0 Å². The van der Waals surface area contributed by atoms with Crippen molar-refractivity contribution in [2.45, 2.75) is 56.2 Å². The first kappa shape index (κ1) is 22.7. The van der Waals surface area contributed by atoms with Crippen LogP contribution in [0.15, 0.2) is 28.0 Å². The maximum Gasteiger partial charge on any atom is 0.348 e. The Morgan fingerprint density at radius 1 is 1.19 bits per heavy atom. The summed E-state index contributed by atoms with van der Waals surface area (Å²) in [7, 11) is 3.12. The summed E-state index contributed by atoms with van der Waals surface area (Å²) >= 11 is 1.32. The molecule has 1 aromatic carbocycles. The van der Waals surface area contributed by atoms with Gasteiger partial charge in [-0.15, -0.1) is 0 Å². The first-order chi connectivity index (χ1) is 15.6. The zero-order valence-electron chi connectivity index (χ0n) is 18.5. The maximum absolute atomic E-state index is 12.8. The highest BCUT2D eigenvalue weighted by Crippen LogP contribution is 2.30. The number of nitrogens with one attached hydrogen (secondary N) is 1. The second-order valence-electron chi connectivity index (χ2n) is 8.02. The van der Waals surface area contributed by atoms with Crippen LogP contribution in [0.2, 0.25) is 0 Å². The molecule has 0 spiro atoms. The summed E-state index contributed by atoms with van der Waals surface area (Å²) in [6.45, 7) is 1.33. The first-order valence-corrected chi connectivity index (χ1v) is 12.0. The Morgan fingerprint density at radius 3 is 2.62 bits per heavy atom. The molecule has 1 unspecified atom stereocenters. The van der Waals surface area contributed by atoms with Gasteiger partial charge in [-0.1, -0.05) is 11.8 Å². The highest BCUT2D eigenvalue weighted by Gasteiger charge is 2.24. The molecule has 1 atom stereocenters. The summed E-state index contributed by atoms with van der Waals surface area (Å²) in [4.78, 5) is 29.8. The summed E-state index contributed by atoms with van der Waals surface area (Å²) in [6, 6.07) is 5.21. The molecule has 8 nitrogen and oxygen atoms in total. The lowest BCUT2D eigenvalue weighted by Gasteiger charge is -2.24. The lowest BCUT2D eigenvalue weighted by atomic mass is 9.97. The third-order valence-corrected chi connectivity index (χ3v) is 6.85. The van der Waals surface area contributed by atoms with Gasteiger partial charge in [0.2, 0.25) is 5.91 Å². The molecular weight excluding hydrogens is 430 g/mol. The number of fused-ring (bicyclic) bond motifs is 1. The van der Waals surface area contributed by atoms with Crippen molar-refractivity contribution in [2.24, 2.45) is 0 Å². The molecule has 1 saturated heterocycles. The molecule has 0 saturated carbocycles. The Morgan fingerprint density at radius 2 is 1.94 bits per heavy atom. The molecule has 0 radical (unpaired) electrons. The number of methoxy groups -OCH3 is 2. The van der Waals surface area contributed by atoms with Crippen molar-refractivity contribution in [3.05, 3.63) is 39.9 Å². The van der Waals surface area contributed by atoms with E-state index >= 15 is 0 Å². The number of carbonyl (C=O) groups is 1. The lowest BCUT2D eigenvalue weighted by Crippen LogP contribution is -2.34. The van der Waals surface area contributed by atoms with Crippen LogP contribution in [0.25, 0.3) is 0 Å². The molecular formula is C23H29N3O5S. The second-order valence-corrected chi connectivity index (χ2v) is 8.98. The zero-order valence-corrected chi connectivity index (χ0v) is 19.3. The van der Waals surface area contributed by atoms with Crippen LogP contribution >= 0.6 is 11.8 Å². The molecule has 0 bridgehead atoms. The fourth-order valence-electron chi connectivity index (χ4n) is 4.26. The number of anilines is 1. The Labute approximate surface area is 191 Å². The molecule has 1 fully saturated rings. The van der Waals surface area contributed by atoms with Crippen molar-refractivity contribution in [3.63, 3.8) is 0 Å². The highest BCUT2D eigenvalue weighted by molar-refractivity contribution is 8.00. The molecule has 1 aromatic heterocycles. The van der Waals surface area contributed by atoms with E-state index in [2.05, 4.69) is 10.3 Å². The topological polar surface area (TPSA) is 91.7 Å². The number of carbonyl (C=O) groups excluding carboxylic acids is 1. The molecule has 1 aliphatic heterocycles. The minimum absolute atomic E-state index is 0.0877. The minimum atomic E-state index is -0.249. The molecule has 2 aromatic rings. The average Bonchev–Trinajstić information content (AvgIpc) is 3.32. The standard InChI is InChI=1S/C23H29N3O5S/c1-29-17-10-15(11-18(12-17)30-2)24-21(27)14-32-22-19-7-3-4-8-20(19)26(23(28)25-22)13-16-6-5-9-31-16/h10-12,16H,3-9,13-14H2,1-2H3,(H,24,27). The third-order valence-electron chi connectivity index (χ3n) is 5.84. The smallest absolute Gasteiger partial charge is 0.348 e. The molecule has 2 heterocycles. The van der Waals surface area contributed by atoms with Crippen molar-refractivity contribution in [3.8, 4) is 11.5 Å². The van der Waals surface area contributed by atoms with Gasteiger partial charge in [-0.3, -0.25) is 9.36 Å². The van der Waals surface area contributed by atoms with Crippen molar-refractivity contribution >= 4 is 23.4 Å². The van der Waals surface area contributed by atoms with Gasteiger partial charge in [-0.05, 0) is 38.5 Å². The van der Waals surface area contributed by atoms with E-state index in [0.717, 1.165) is 56.4 Å². The minimum Gasteiger partial charge on any atom is -0.497 e. The van der Waals surface area contributed by atoms with E-state index in [1.807, 2.05) is 0 Å². The molecule has 1 aliphatic carbocycles. The van der Waals surface area contributed by atoms with E-state index in [0.29, 0.717) is 28.8 Å². The number of aromatic nitrogens is 2. The van der Waals surface area contributed by atoms with E-state index in [1.54, 1.807) is 37.0 Å². The van der Waals surface area contributed by atoms with Gasteiger partial charge in [0, 0.05) is 41.8 Å². The maximum atomic E-state index is 12.8. The molecule has 172 valence electrons. The van der Waals surface area contributed by atoms with E-state index in [-0.39, 0.29) is 23.5 Å². The van der Waals surface area contributed by atoms with Gasteiger partial charge in [0.1, 0.15) is 16.5 Å². The average molecular weight is 460 g/mol. The van der Waals surface area contributed by atoms with E-state index in [9.17, 15) is 9.59 Å². The van der Waals surface area contributed by atoms with Gasteiger partial charge in [-0.2, -0.15) is 4.98 Å². The van der Waals surface area contributed by atoms with Crippen LogP contribution in [0, 0.1) is 0 Å².